The van der Waals surface area contributed by atoms with Crippen LogP contribution in [0.2, 0.25) is 0 Å². The Hall–Kier alpha value is -1.26. The molecule has 1 atom stereocenters. The van der Waals surface area contributed by atoms with Crippen LogP contribution in [0.3, 0.4) is 0 Å². The van der Waals surface area contributed by atoms with Gasteiger partial charge in [0, 0.05) is 13.1 Å². The third-order valence-corrected chi connectivity index (χ3v) is 4.63. The highest BCUT2D eigenvalue weighted by Gasteiger charge is 2.33. The molecule has 134 valence electrons. The first kappa shape index (κ1) is 19.8. The summed E-state index contributed by atoms with van der Waals surface area (Å²) in [5, 5.41) is 11.9. The summed E-state index contributed by atoms with van der Waals surface area (Å²) in [6.07, 6.45) is 13.2. The zero-order valence-electron chi connectivity index (χ0n) is 14.7. The van der Waals surface area contributed by atoms with E-state index in [0.717, 1.165) is 19.3 Å². The number of carbonyl (C=O) groups excluding carboxylic acids is 1. The number of amides is 2. The van der Waals surface area contributed by atoms with E-state index in [1.165, 1.54) is 56.3 Å². The number of carbonyl (C=O) groups is 2. The first-order valence-electron chi connectivity index (χ1n) is 9.44. The summed E-state index contributed by atoms with van der Waals surface area (Å²) in [5.74, 6) is -0.124. The number of likely N-dealkylation sites (tertiary alicyclic amines) is 1. The van der Waals surface area contributed by atoms with E-state index in [4.69, 9.17) is 5.11 Å². The quantitative estimate of drug-likeness (QED) is 0.529. The average Bonchev–Trinajstić information content (AvgIpc) is 3.02. The normalized spacial score (nSPS) is 17.4. The molecule has 1 heterocycles. The number of nitrogens with zero attached hydrogens (tertiary/aromatic N) is 1. The van der Waals surface area contributed by atoms with Crippen LogP contribution >= 0.6 is 0 Å². The molecule has 1 aliphatic rings. The second-order valence-corrected chi connectivity index (χ2v) is 6.61. The van der Waals surface area contributed by atoms with Crippen molar-refractivity contribution in [2.75, 3.05) is 13.1 Å². The van der Waals surface area contributed by atoms with Crippen molar-refractivity contribution in [3.63, 3.8) is 0 Å². The van der Waals surface area contributed by atoms with E-state index in [1.54, 1.807) is 0 Å². The second kappa shape index (κ2) is 12.2. The van der Waals surface area contributed by atoms with Gasteiger partial charge in [-0.3, -0.25) is 9.69 Å². The fraction of sp³-hybridized carbons (Fsp3) is 0.889. The van der Waals surface area contributed by atoms with Gasteiger partial charge in [-0.25, -0.2) is 4.79 Å². The molecule has 1 unspecified atom stereocenters. The Balaban J connectivity index is 1.94. The predicted octanol–water partition coefficient (Wildman–Crippen LogP) is 4.17. The second-order valence-electron chi connectivity index (χ2n) is 6.61. The van der Waals surface area contributed by atoms with Crippen LogP contribution in [0.1, 0.15) is 84.0 Å². The molecule has 0 aromatic rings. The van der Waals surface area contributed by atoms with Gasteiger partial charge < -0.3 is 10.4 Å². The Kier molecular flexibility index (Phi) is 10.5. The van der Waals surface area contributed by atoms with Crippen molar-refractivity contribution in [1.29, 1.82) is 0 Å². The molecule has 0 radical (unpaired) electrons. The molecule has 0 saturated carbocycles. The molecular formula is C18H34N2O3. The van der Waals surface area contributed by atoms with E-state index in [2.05, 4.69) is 12.2 Å². The monoisotopic (exact) mass is 326 g/mol. The Bertz CT molecular complexity index is 347. The average molecular weight is 326 g/mol. The number of hydrogen-bond donors (Lipinski definition) is 2. The maximum Gasteiger partial charge on any atom is 0.407 e. The van der Waals surface area contributed by atoms with Crippen LogP contribution in [-0.2, 0) is 4.79 Å². The van der Waals surface area contributed by atoms with Gasteiger partial charge in [0.1, 0.15) is 6.04 Å². The summed E-state index contributed by atoms with van der Waals surface area (Å²) >= 11 is 0. The van der Waals surface area contributed by atoms with Gasteiger partial charge in [-0.2, -0.15) is 0 Å². The zero-order chi connectivity index (χ0) is 16.9. The summed E-state index contributed by atoms with van der Waals surface area (Å²) in [5.41, 5.74) is 0. The van der Waals surface area contributed by atoms with Crippen LogP contribution in [-0.4, -0.2) is 41.1 Å². The molecule has 2 N–H and O–H groups in total. The lowest BCUT2D eigenvalue weighted by Crippen LogP contribution is -2.45. The largest absolute Gasteiger partial charge is 0.465 e. The number of unbranched alkanes of at least 4 members (excludes halogenated alkanes) is 9. The molecule has 0 aromatic carbocycles. The van der Waals surface area contributed by atoms with Crippen molar-refractivity contribution in [1.82, 2.24) is 10.2 Å². The van der Waals surface area contributed by atoms with Gasteiger partial charge in [0.2, 0.25) is 5.91 Å². The smallest absolute Gasteiger partial charge is 0.407 e. The predicted molar refractivity (Wildman–Crippen MR) is 92.6 cm³/mol. The molecule has 0 aromatic heterocycles. The van der Waals surface area contributed by atoms with Crippen molar-refractivity contribution in [3.05, 3.63) is 0 Å². The molecule has 5 nitrogen and oxygen atoms in total. The summed E-state index contributed by atoms with van der Waals surface area (Å²) in [4.78, 5) is 24.3. The summed E-state index contributed by atoms with van der Waals surface area (Å²) in [7, 11) is 0. The highest BCUT2D eigenvalue weighted by Crippen LogP contribution is 2.17. The van der Waals surface area contributed by atoms with Crippen molar-refractivity contribution in [2.45, 2.75) is 90.0 Å². The van der Waals surface area contributed by atoms with Gasteiger partial charge in [-0.1, -0.05) is 64.7 Å². The summed E-state index contributed by atoms with van der Waals surface area (Å²) < 4.78 is 0. The Morgan fingerprint density at radius 1 is 1.00 bits per heavy atom. The first-order chi connectivity index (χ1) is 11.2. The first-order valence-corrected chi connectivity index (χ1v) is 9.44. The standard InChI is InChI=1S/C18H34N2O3/c1-2-3-4-5-6-7-8-9-10-11-14-19-17(21)16-13-12-15-20(16)18(22)23/h16H,2-15H2,1H3,(H,19,21)(H,22,23). The van der Waals surface area contributed by atoms with Gasteiger partial charge in [0.25, 0.3) is 0 Å². The highest BCUT2D eigenvalue weighted by atomic mass is 16.4. The number of hydrogen-bond acceptors (Lipinski definition) is 2. The van der Waals surface area contributed by atoms with Gasteiger partial charge in [0.15, 0.2) is 0 Å². The molecule has 23 heavy (non-hydrogen) atoms. The molecule has 1 fully saturated rings. The van der Waals surface area contributed by atoms with Gasteiger partial charge in [-0.15, -0.1) is 0 Å². The van der Waals surface area contributed by atoms with Crippen molar-refractivity contribution in [3.8, 4) is 0 Å². The Morgan fingerprint density at radius 2 is 1.57 bits per heavy atom. The molecule has 1 rings (SSSR count). The molecule has 2 amide bonds. The van der Waals surface area contributed by atoms with Crippen LogP contribution in [0.25, 0.3) is 0 Å². The molecule has 0 spiro atoms. The van der Waals surface area contributed by atoms with Crippen molar-refractivity contribution in [2.24, 2.45) is 0 Å². The molecule has 1 aliphatic heterocycles. The van der Waals surface area contributed by atoms with Crippen molar-refractivity contribution < 1.29 is 14.7 Å². The van der Waals surface area contributed by atoms with Gasteiger partial charge in [0.05, 0.1) is 0 Å². The van der Waals surface area contributed by atoms with E-state index in [1.807, 2.05) is 0 Å². The minimum absolute atomic E-state index is 0.124. The fourth-order valence-corrected chi connectivity index (χ4v) is 3.21. The molecule has 0 bridgehead atoms. The lowest BCUT2D eigenvalue weighted by atomic mass is 10.1. The molecule has 5 heteroatoms. The topological polar surface area (TPSA) is 69.6 Å². The maximum atomic E-state index is 12.0. The van der Waals surface area contributed by atoms with Crippen LogP contribution in [0.5, 0.6) is 0 Å². The van der Waals surface area contributed by atoms with Gasteiger partial charge >= 0.3 is 6.09 Å². The Labute approximate surface area is 140 Å². The van der Waals surface area contributed by atoms with E-state index >= 15 is 0 Å². The van der Waals surface area contributed by atoms with Gasteiger partial charge in [-0.05, 0) is 19.3 Å². The minimum atomic E-state index is -0.985. The maximum absolute atomic E-state index is 12.0. The third-order valence-electron chi connectivity index (χ3n) is 4.63. The SMILES string of the molecule is CCCCCCCCCCCCNC(=O)C1CCCN1C(=O)O. The number of rotatable bonds is 12. The van der Waals surface area contributed by atoms with E-state index < -0.39 is 12.1 Å². The third kappa shape index (κ3) is 8.24. The zero-order valence-corrected chi connectivity index (χ0v) is 14.7. The number of carboxylic acid groups (broad SMARTS) is 1. The van der Waals surface area contributed by atoms with Crippen molar-refractivity contribution >= 4 is 12.0 Å². The van der Waals surface area contributed by atoms with E-state index in [-0.39, 0.29) is 5.91 Å². The van der Waals surface area contributed by atoms with Crippen LogP contribution < -0.4 is 5.32 Å². The summed E-state index contributed by atoms with van der Waals surface area (Å²) in [6, 6.07) is -0.476. The highest BCUT2D eigenvalue weighted by molar-refractivity contribution is 5.85. The van der Waals surface area contributed by atoms with E-state index in [0.29, 0.717) is 19.5 Å². The minimum Gasteiger partial charge on any atom is -0.465 e. The Morgan fingerprint density at radius 3 is 2.13 bits per heavy atom. The lowest BCUT2D eigenvalue weighted by Gasteiger charge is -2.20. The molecule has 1 saturated heterocycles. The molecule has 0 aliphatic carbocycles. The summed E-state index contributed by atoms with van der Waals surface area (Å²) in [6.45, 7) is 3.38. The number of nitrogens with one attached hydrogen (secondary N) is 1. The van der Waals surface area contributed by atoms with Crippen LogP contribution in [0.4, 0.5) is 4.79 Å². The van der Waals surface area contributed by atoms with Crippen LogP contribution in [0, 0.1) is 0 Å². The molecular weight excluding hydrogens is 292 g/mol. The van der Waals surface area contributed by atoms with Crippen LogP contribution in [0.15, 0.2) is 0 Å². The lowest BCUT2D eigenvalue weighted by molar-refractivity contribution is -0.125. The van der Waals surface area contributed by atoms with E-state index in [9.17, 15) is 9.59 Å². The fourth-order valence-electron chi connectivity index (χ4n) is 3.21.